The molecule has 1 rings (SSSR count). The second-order valence-electron chi connectivity index (χ2n) is 12.4. The summed E-state index contributed by atoms with van der Waals surface area (Å²) in [7, 11) is 0. The normalized spacial score (nSPS) is 17.1. The van der Waals surface area contributed by atoms with Crippen molar-refractivity contribution in [1.29, 1.82) is 0 Å². The van der Waals surface area contributed by atoms with Gasteiger partial charge in [-0.3, -0.25) is 43.6 Å². The quantitative estimate of drug-likeness (QED) is 0.117. The number of aliphatic carboxylic acids is 4. The Bertz CT molecular complexity index is 931. The molecule has 1 aliphatic heterocycles. The van der Waals surface area contributed by atoms with E-state index < -0.39 is 29.9 Å². The summed E-state index contributed by atoms with van der Waals surface area (Å²) in [6, 6.07) is -0.996. The molecule has 4 N–H and O–H groups in total. The first kappa shape index (κ1) is 41.1. The van der Waals surface area contributed by atoms with Crippen LogP contribution in [-0.2, 0) is 28.8 Å². The molecule has 46 heavy (non-hydrogen) atoms. The van der Waals surface area contributed by atoms with Crippen LogP contribution in [0.4, 0.5) is 0 Å². The summed E-state index contributed by atoms with van der Waals surface area (Å²) in [6.45, 7) is 2.54. The molecule has 0 spiro atoms. The number of unbranched alkanes of at least 4 members (excludes halogenated alkanes) is 8. The van der Waals surface area contributed by atoms with Gasteiger partial charge in [-0.1, -0.05) is 44.9 Å². The van der Waals surface area contributed by atoms with E-state index in [-0.39, 0.29) is 96.4 Å². The minimum atomic E-state index is -1.09. The van der Waals surface area contributed by atoms with Crippen LogP contribution >= 0.6 is 0 Å². The van der Waals surface area contributed by atoms with Gasteiger partial charge in [-0.15, -0.1) is 0 Å². The molecule has 0 aliphatic carbocycles. The lowest BCUT2D eigenvalue weighted by molar-refractivity contribution is -0.145. The van der Waals surface area contributed by atoms with Gasteiger partial charge in [-0.05, 0) is 26.2 Å². The molecule has 1 heterocycles. The number of carbonyl (C=O) groups excluding carboxylic acids is 2. The third kappa shape index (κ3) is 21.0. The summed E-state index contributed by atoms with van der Waals surface area (Å²) in [5, 5.41) is 38.2. The van der Waals surface area contributed by atoms with Crippen LogP contribution in [0.1, 0.15) is 90.4 Å². The van der Waals surface area contributed by atoms with Crippen molar-refractivity contribution >= 4 is 35.4 Å². The largest absolute Gasteiger partial charge is 0.480 e. The third-order valence-electron chi connectivity index (χ3n) is 8.36. The fourth-order valence-corrected chi connectivity index (χ4v) is 5.73. The van der Waals surface area contributed by atoms with Crippen molar-refractivity contribution in [2.45, 2.75) is 96.4 Å². The maximum atomic E-state index is 12.7. The van der Waals surface area contributed by atoms with Crippen LogP contribution in [0.25, 0.3) is 0 Å². The van der Waals surface area contributed by atoms with Crippen molar-refractivity contribution in [3.63, 3.8) is 0 Å². The molecule has 14 heteroatoms. The lowest BCUT2D eigenvalue weighted by Crippen LogP contribution is -2.51. The summed E-state index contributed by atoms with van der Waals surface area (Å²) in [5.74, 6) is -4.01. The molecule has 1 saturated heterocycles. The Hall–Kier alpha value is -2.94. The van der Waals surface area contributed by atoms with E-state index in [1.165, 1.54) is 0 Å². The highest BCUT2D eigenvalue weighted by molar-refractivity contribution is 5.80. The number of Topliss-reactive ketones (excluding diaryl/α,β-unsaturated/α-hetero) is 2. The second-order valence-corrected chi connectivity index (χ2v) is 12.4. The molecule has 0 aromatic heterocycles. The van der Waals surface area contributed by atoms with Gasteiger partial charge in [-0.25, -0.2) is 0 Å². The number of rotatable bonds is 23. The fraction of sp³-hybridized carbons (Fsp3) is 0.812. The van der Waals surface area contributed by atoms with E-state index in [0.29, 0.717) is 12.8 Å². The third-order valence-corrected chi connectivity index (χ3v) is 8.36. The van der Waals surface area contributed by atoms with Crippen molar-refractivity contribution in [2.24, 2.45) is 0 Å². The van der Waals surface area contributed by atoms with Crippen molar-refractivity contribution < 1.29 is 49.2 Å². The van der Waals surface area contributed by atoms with E-state index in [0.717, 1.165) is 57.8 Å². The number of carboxylic acids is 4. The van der Waals surface area contributed by atoms with Gasteiger partial charge in [0.2, 0.25) is 0 Å². The molecule has 0 saturated carbocycles. The van der Waals surface area contributed by atoms with Crippen LogP contribution in [0.3, 0.4) is 0 Å². The monoisotopic (exact) mass is 656 g/mol. The smallest absolute Gasteiger partial charge is 0.320 e. The van der Waals surface area contributed by atoms with Gasteiger partial charge in [0, 0.05) is 71.6 Å². The first-order chi connectivity index (χ1) is 21.9. The molecular weight excluding hydrogens is 600 g/mol. The van der Waals surface area contributed by atoms with E-state index in [1.54, 1.807) is 26.5 Å². The molecule has 0 radical (unpaired) electrons. The summed E-state index contributed by atoms with van der Waals surface area (Å²) < 4.78 is 0. The predicted octanol–water partition coefficient (Wildman–Crippen LogP) is 2.14. The zero-order valence-corrected chi connectivity index (χ0v) is 27.6. The highest BCUT2D eigenvalue weighted by Crippen LogP contribution is 2.15. The molecule has 1 unspecified atom stereocenters. The zero-order chi connectivity index (χ0) is 34.3. The molecule has 0 aromatic rings. The van der Waals surface area contributed by atoms with Crippen molar-refractivity contribution in [3.8, 4) is 0 Å². The Balaban J connectivity index is 2.70. The average Bonchev–Trinajstić information content (AvgIpc) is 2.95. The molecule has 14 nitrogen and oxygen atoms in total. The highest BCUT2D eigenvalue weighted by atomic mass is 16.4. The molecule has 1 fully saturated rings. The Morgan fingerprint density at radius 3 is 1.20 bits per heavy atom. The Morgan fingerprint density at radius 1 is 0.500 bits per heavy atom. The fourth-order valence-electron chi connectivity index (χ4n) is 5.73. The number of carboxylic acid groups (broad SMARTS) is 4. The maximum Gasteiger partial charge on any atom is 0.320 e. The van der Waals surface area contributed by atoms with Crippen LogP contribution in [-0.4, -0.2) is 154 Å². The van der Waals surface area contributed by atoms with Gasteiger partial charge in [0.05, 0.1) is 19.6 Å². The summed E-state index contributed by atoms with van der Waals surface area (Å²) in [4.78, 5) is 77.0. The molecule has 0 bridgehead atoms. The standard InChI is InChI=1S/C32H56N4O10/c1-26(37)11-9-7-5-3-2-4-6-8-10-12-27(38)13-14-28(32(45)46)36-21-19-34(24-30(41)42)17-15-33(23-29(39)40)16-18-35(20-22-36)25-31(43)44/h28H,2-25H2,1H3,(H,39,40)(H,41,42)(H,43,44)(H,45,46). The van der Waals surface area contributed by atoms with E-state index in [4.69, 9.17) is 0 Å². The maximum absolute atomic E-state index is 12.7. The van der Waals surface area contributed by atoms with E-state index in [1.807, 2.05) is 0 Å². The van der Waals surface area contributed by atoms with Crippen LogP contribution in [0.2, 0.25) is 0 Å². The van der Waals surface area contributed by atoms with Crippen LogP contribution in [0.5, 0.6) is 0 Å². The Kier molecular flexibility index (Phi) is 21.7. The number of carbonyl (C=O) groups is 6. The number of hydrogen-bond donors (Lipinski definition) is 4. The lowest BCUT2D eigenvalue weighted by atomic mass is 10.0. The molecule has 1 atom stereocenters. The number of hydrogen-bond acceptors (Lipinski definition) is 10. The average molecular weight is 657 g/mol. The van der Waals surface area contributed by atoms with Crippen molar-refractivity contribution in [1.82, 2.24) is 19.6 Å². The zero-order valence-electron chi connectivity index (χ0n) is 27.6. The van der Waals surface area contributed by atoms with Crippen LogP contribution in [0, 0.1) is 0 Å². The van der Waals surface area contributed by atoms with Gasteiger partial charge in [0.15, 0.2) is 0 Å². The van der Waals surface area contributed by atoms with Gasteiger partial charge < -0.3 is 25.2 Å². The summed E-state index contributed by atoms with van der Waals surface area (Å²) in [6.07, 6.45) is 10.6. The Morgan fingerprint density at radius 2 is 0.848 bits per heavy atom. The van der Waals surface area contributed by atoms with E-state index in [2.05, 4.69) is 0 Å². The van der Waals surface area contributed by atoms with Crippen molar-refractivity contribution in [2.75, 3.05) is 72.0 Å². The minimum Gasteiger partial charge on any atom is -0.480 e. The number of ketones is 2. The molecule has 0 aromatic carbocycles. The highest BCUT2D eigenvalue weighted by Gasteiger charge is 2.28. The molecule has 0 amide bonds. The first-order valence-corrected chi connectivity index (χ1v) is 16.7. The van der Waals surface area contributed by atoms with E-state index in [9.17, 15) is 49.2 Å². The lowest BCUT2D eigenvalue weighted by Gasteiger charge is -2.35. The SMILES string of the molecule is CC(=O)CCCCCCCCCCCC(=O)CCC(C(=O)O)N1CCN(CC(=O)O)CCN(CC(=O)O)CCN(CC(=O)O)CC1. The van der Waals surface area contributed by atoms with E-state index >= 15 is 0 Å². The van der Waals surface area contributed by atoms with Gasteiger partial charge in [0.25, 0.3) is 0 Å². The van der Waals surface area contributed by atoms with Gasteiger partial charge in [-0.2, -0.15) is 0 Å². The van der Waals surface area contributed by atoms with Crippen molar-refractivity contribution in [3.05, 3.63) is 0 Å². The van der Waals surface area contributed by atoms with Gasteiger partial charge in [0.1, 0.15) is 17.6 Å². The first-order valence-electron chi connectivity index (χ1n) is 16.7. The minimum absolute atomic E-state index is 0.00426. The molecule has 1 aliphatic rings. The van der Waals surface area contributed by atoms with Crippen LogP contribution < -0.4 is 0 Å². The summed E-state index contributed by atoms with van der Waals surface area (Å²) >= 11 is 0. The Labute approximate surface area is 272 Å². The second kappa shape index (κ2) is 24.3. The predicted molar refractivity (Wildman–Crippen MR) is 171 cm³/mol. The molecular formula is C32H56N4O10. The van der Waals surface area contributed by atoms with Gasteiger partial charge >= 0.3 is 23.9 Å². The number of nitrogens with zero attached hydrogens (tertiary/aromatic N) is 4. The topological polar surface area (TPSA) is 196 Å². The summed E-state index contributed by atoms with van der Waals surface area (Å²) in [5.41, 5.74) is 0. The van der Waals surface area contributed by atoms with Crippen LogP contribution in [0.15, 0.2) is 0 Å². The molecule has 264 valence electrons.